The molecule has 0 spiro atoms. The predicted octanol–water partition coefficient (Wildman–Crippen LogP) is 2.64. The van der Waals surface area contributed by atoms with Crippen LogP contribution in [-0.2, 0) is 9.59 Å². The van der Waals surface area contributed by atoms with Crippen LogP contribution in [0.3, 0.4) is 0 Å². The van der Waals surface area contributed by atoms with Crippen molar-refractivity contribution in [3.05, 3.63) is 30.3 Å². The number of hydrogen-bond acceptors (Lipinski definition) is 4. The van der Waals surface area contributed by atoms with E-state index < -0.39 is 15.6 Å². The Labute approximate surface area is 125 Å². The van der Waals surface area contributed by atoms with Gasteiger partial charge in [-0.25, -0.2) is 4.79 Å². The molecule has 1 amide bonds. The van der Waals surface area contributed by atoms with Crippen LogP contribution in [0.5, 0.6) is 0 Å². The number of carbonyl (C=O) groups is 2. The average Bonchev–Trinajstić information content (AvgIpc) is 2.55. The van der Waals surface area contributed by atoms with E-state index in [2.05, 4.69) is 0 Å². The molecular weight excluding hydrogens is 294 g/mol. The predicted molar refractivity (Wildman–Crippen MR) is 79.6 cm³/mol. The number of nitrogens with zero attached hydrogens (tertiary/aromatic N) is 1. The molecule has 3 rings (SSSR count). The Morgan fingerprint density at radius 2 is 2.05 bits per heavy atom. The number of thioether (sulfide) groups is 2. The lowest BCUT2D eigenvalue weighted by molar-refractivity contribution is -0.160. The van der Waals surface area contributed by atoms with Crippen molar-refractivity contribution >= 4 is 35.4 Å². The molecule has 1 N–H and O–H groups in total. The zero-order valence-corrected chi connectivity index (χ0v) is 12.8. The molecule has 4 nitrogen and oxygen atoms in total. The highest BCUT2D eigenvalue weighted by Gasteiger charge is 2.70. The minimum Gasteiger partial charge on any atom is -0.479 e. The lowest BCUT2D eigenvalue weighted by atomic mass is 9.97. The molecule has 2 saturated heterocycles. The van der Waals surface area contributed by atoms with E-state index in [0.717, 1.165) is 4.90 Å². The summed E-state index contributed by atoms with van der Waals surface area (Å²) in [5, 5.41) is 9.86. The second kappa shape index (κ2) is 4.43. The van der Waals surface area contributed by atoms with Crippen LogP contribution in [0, 0.1) is 0 Å². The van der Waals surface area contributed by atoms with E-state index in [4.69, 9.17) is 0 Å². The first-order valence-corrected chi connectivity index (χ1v) is 8.05. The van der Waals surface area contributed by atoms with Crippen molar-refractivity contribution in [3.63, 3.8) is 0 Å². The smallest absolute Gasteiger partial charge is 0.342 e. The standard InChI is InChI=1S/C14H15NO3S2/c1-13(2)14(12(17)18,15-10(16)8-11(15)20-13)19-9-6-4-3-5-7-9/h3-7,11H,8H2,1-2H3,(H,17,18)/t11-,14-/m1/s1. The molecule has 6 heteroatoms. The molecule has 2 fully saturated rings. The third kappa shape index (κ3) is 1.71. The van der Waals surface area contributed by atoms with Gasteiger partial charge in [-0.05, 0) is 26.0 Å². The number of carboxylic acid groups (broad SMARTS) is 1. The molecule has 0 bridgehead atoms. The number of aliphatic carboxylic acids is 1. The summed E-state index contributed by atoms with van der Waals surface area (Å²) in [7, 11) is 0. The summed E-state index contributed by atoms with van der Waals surface area (Å²) in [6, 6.07) is 9.41. The van der Waals surface area contributed by atoms with E-state index in [1.165, 1.54) is 11.8 Å². The van der Waals surface area contributed by atoms with Crippen molar-refractivity contribution in [2.24, 2.45) is 0 Å². The van der Waals surface area contributed by atoms with E-state index in [-0.39, 0.29) is 11.3 Å². The molecule has 2 atom stereocenters. The molecule has 0 unspecified atom stereocenters. The third-order valence-corrected chi connectivity index (χ3v) is 7.14. The monoisotopic (exact) mass is 309 g/mol. The highest BCUT2D eigenvalue weighted by atomic mass is 32.2. The van der Waals surface area contributed by atoms with Gasteiger partial charge in [0, 0.05) is 4.90 Å². The van der Waals surface area contributed by atoms with Crippen LogP contribution in [-0.4, -0.2) is 36.9 Å². The molecule has 2 heterocycles. The van der Waals surface area contributed by atoms with E-state index >= 15 is 0 Å². The van der Waals surface area contributed by atoms with Gasteiger partial charge in [-0.15, -0.1) is 11.8 Å². The lowest BCUT2D eigenvalue weighted by Crippen LogP contribution is -2.65. The maximum atomic E-state index is 12.1. The van der Waals surface area contributed by atoms with Crippen LogP contribution >= 0.6 is 23.5 Å². The molecule has 2 aliphatic rings. The average molecular weight is 309 g/mol. The quantitative estimate of drug-likeness (QED) is 0.870. The second-order valence-electron chi connectivity index (χ2n) is 5.41. The Bertz CT molecular complexity index is 575. The maximum absolute atomic E-state index is 12.1. The Morgan fingerprint density at radius 1 is 1.40 bits per heavy atom. The molecule has 20 heavy (non-hydrogen) atoms. The molecule has 2 aliphatic heterocycles. The summed E-state index contributed by atoms with van der Waals surface area (Å²) in [6.07, 6.45) is 0.443. The van der Waals surface area contributed by atoms with E-state index in [1.807, 2.05) is 44.2 Å². The highest BCUT2D eigenvalue weighted by Crippen LogP contribution is 2.62. The number of carboxylic acids is 1. The van der Waals surface area contributed by atoms with Gasteiger partial charge in [0.15, 0.2) is 0 Å². The van der Waals surface area contributed by atoms with Crippen molar-refractivity contribution in [1.29, 1.82) is 0 Å². The number of fused-ring (bicyclic) bond motifs is 1. The largest absolute Gasteiger partial charge is 0.479 e. The van der Waals surface area contributed by atoms with Gasteiger partial charge < -0.3 is 10.0 Å². The van der Waals surface area contributed by atoms with Gasteiger partial charge in [-0.2, -0.15) is 0 Å². The van der Waals surface area contributed by atoms with Gasteiger partial charge >= 0.3 is 5.97 Å². The number of β-lactam (4-membered cyclic amide) rings is 1. The fourth-order valence-corrected chi connectivity index (χ4v) is 6.07. The zero-order chi connectivity index (χ0) is 14.5. The molecule has 0 radical (unpaired) electrons. The van der Waals surface area contributed by atoms with Gasteiger partial charge in [0.2, 0.25) is 10.8 Å². The zero-order valence-electron chi connectivity index (χ0n) is 11.2. The topological polar surface area (TPSA) is 57.6 Å². The number of amides is 1. The third-order valence-electron chi connectivity index (χ3n) is 3.79. The number of benzene rings is 1. The van der Waals surface area contributed by atoms with Crippen molar-refractivity contribution in [2.75, 3.05) is 0 Å². The van der Waals surface area contributed by atoms with E-state index in [1.54, 1.807) is 16.7 Å². The van der Waals surface area contributed by atoms with Crippen molar-refractivity contribution in [3.8, 4) is 0 Å². The Balaban J connectivity index is 2.07. The van der Waals surface area contributed by atoms with Crippen LogP contribution in [0.15, 0.2) is 35.2 Å². The van der Waals surface area contributed by atoms with Crippen LogP contribution in [0.4, 0.5) is 0 Å². The van der Waals surface area contributed by atoms with Crippen molar-refractivity contribution < 1.29 is 14.7 Å². The molecule has 0 saturated carbocycles. The first-order valence-electron chi connectivity index (χ1n) is 6.36. The molecule has 106 valence electrons. The van der Waals surface area contributed by atoms with Crippen LogP contribution in [0.2, 0.25) is 0 Å². The summed E-state index contributed by atoms with van der Waals surface area (Å²) >= 11 is 2.84. The number of hydrogen-bond donors (Lipinski definition) is 1. The highest BCUT2D eigenvalue weighted by molar-refractivity contribution is 8.06. The van der Waals surface area contributed by atoms with Crippen molar-refractivity contribution in [1.82, 2.24) is 4.90 Å². The van der Waals surface area contributed by atoms with Crippen LogP contribution < -0.4 is 0 Å². The van der Waals surface area contributed by atoms with Crippen LogP contribution in [0.1, 0.15) is 20.3 Å². The molecule has 0 aliphatic carbocycles. The van der Waals surface area contributed by atoms with Crippen molar-refractivity contribution in [2.45, 2.75) is 40.2 Å². The fraction of sp³-hybridized carbons (Fsp3) is 0.429. The Kier molecular flexibility index (Phi) is 3.06. The SMILES string of the molecule is CC1(C)S[C@@H]2CC(=O)N2[C@@]1(Sc1ccccc1)C(=O)O. The van der Waals surface area contributed by atoms with E-state index in [0.29, 0.717) is 6.42 Å². The van der Waals surface area contributed by atoms with E-state index in [9.17, 15) is 14.7 Å². The number of carbonyl (C=O) groups excluding carboxylic acids is 1. The van der Waals surface area contributed by atoms with Gasteiger partial charge in [-0.3, -0.25) is 4.79 Å². The summed E-state index contributed by atoms with van der Waals surface area (Å²) in [5.41, 5.74) is 0. The molecule has 1 aromatic rings. The summed E-state index contributed by atoms with van der Waals surface area (Å²) in [4.78, 5) is 25.2. The molecule has 1 aromatic carbocycles. The van der Waals surface area contributed by atoms with Crippen LogP contribution in [0.25, 0.3) is 0 Å². The fourth-order valence-electron chi connectivity index (χ4n) is 2.81. The summed E-state index contributed by atoms with van der Waals surface area (Å²) in [5.74, 6) is -1.02. The minimum absolute atomic E-state index is 0.00943. The Morgan fingerprint density at radius 3 is 2.60 bits per heavy atom. The summed E-state index contributed by atoms with van der Waals surface area (Å²) < 4.78 is -0.545. The first kappa shape index (κ1) is 13.8. The van der Waals surface area contributed by atoms with Gasteiger partial charge in [0.25, 0.3) is 0 Å². The first-order chi connectivity index (χ1) is 9.38. The molecular formula is C14H15NO3S2. The number of rotatable bonds is 3. The maximum Gasteiger partial charge on any atom is 0.342 e. The normalized spacial score (nSPS) is 30.8. The minimum atomic E-state index is -1.24. The molecule has 0 aromatic heterocycles. The van der Waals surface area contributed by atoms with Gasteiger partial charge in [0.05, 0.1) is 16.5 Å². The van der Waals surface area contributed by atoms with Gasteiger partial charge in [0.1, 0.15) is 0 Å². The Hall–Kier alpha value is -1.14. The second-order valence-corrected chi connectivity index (χ2v) is 8.48. The van der Waals surface area contributed by atoms with Gasteiger partial charge in [-0.1, -0.05) is 30.0 Å². The summed E-state index contributed by atoms with van der Waals surface area (Å²) in [6.45, 7) is 3.82. The lowest BCUT2D eigenvalue weighted by Gasteiger charge is -2.45.